The number of piperazine rings is 1. The largest absolute Gasteiger partial charge is 0.493 e. The van der Waals surface area contributed by atoms with Gasteiger partial charge < -0.3 is 24.0 Å². The summed E-state index contributed by atoms with van der Waals surface area (Å²) in [5.74, 6) is 1.63. The van der Waals surface area contributed by atoms with E-state index in [9.17, 15) is 9.59 Å². The molecule has 0 aromatic heterocycles. The molecule has 0 bridgehead atoms. The molecule has 7 nitrogen and oxygen atoms in total. The van der Waals surface area contributed by atoms with E-state index in [4.69, 9.17) is 14.2 Å². The fourth-order valence-corrected chi connectivity index (χ4v) is 2.64. The number of hydrogen-bond donors (Lipinski definition) is 0. The van der Waals surface area contributed by atoms with E-state index in [0.29, 0.717) is 43.4 Å². The molecule has 1 aromatic carbocycles. The molecule has 0 radical (unpaired) electrons. The zero-order valence-electron chi connectivity index (χ0n) is 14.6. The Bertz CT molecular complexity index is 597. The maximum Gasteiger partial charge on any atom is 0.263 e. The zero-order chi connectivity index (χ0) is 17.7. The topological polar surface area (TPSA) is 68.3 Å². The first kappa shape index (κ1) is 17.9. The Morgan fingerprint density at radius 2 is 1.58 bits per heavy atom. The number of carbonyl (C=O) groups excluding carboxylic acids is 2. The molecule has 1 saturated heterocycles. The number of nitrogens with zero attached hydrogens (tertiary/aromatic N) is 2. The van der Waals surface area contributed by atoms with Gasteiger partial charge in [-0.3, -0.25) is 9.59 Å². The normalized spacial score (nSPS) is 15.7. The van der Waals surface area contributed by atoms with E-state index in [0.717, 1.165) is 0 Å². The van der Waals surface area contributed by atoms with Crippen molar-refractivity contribution in [2.24, 2.45) is 0 Å². The van der Waals surface area contributed by atoms with Gasteiger partial charge in [0.15, 0.2) is 17.6 Å². The highest BCUT2D eigenvalue weighted by molar-refractivity contribution is 5.81. The van der Waals surface area contributed by atoms with Crippen LogP contribution in [0.4, 0.5) is 0 Å². The summed E-state index contributed by atoms with van der Waals surface area (Å²) in [5, 5.41) is 0. The van der Waals surface area contributed by atoms with Crippen molar-refractivity contribution in [2.45, 2.75) is 20.0 Å². The van der Waals surface area contributed by atoms with Crippen LogP contribution in [-0.2, 0) is 9.59 Å². The third-order valence-corrected chi connectivity index (χ3v) is 4.05. The van der Waals surface area contributed by atoms with Gasteiger partial charge in [-0.1, -0.05) is 0 Å². The highest BCUT2D eigenvalue weighted by Crippen LogP contribution is 2.31. The van der Waals surface area contributed by atoms with E-state index in [1.54, 1.807) is 56.1 Å². The SMILES string of the molecule is COc1ccc(OC(C)C(=O)N2CCN(C(C)=O)CC2)cc1OC. The summed E-state index contributed by atoms with van der Waals surface area (Å²) in [6, 6.07) is 5.16. The van der Waals surface area contributed by atoms with Gasteiger partial charge in [-0.05, 0) is 19.1 Å². The fourth-order valence-electron chi connectivity index (χ4n) is 2.64. The number of hydrogen-bond acceptors (Lipinski definition) is 5. The van der Waals surface area contributed by atoms with Crippen LogP contribution in [-0.4, -0.2) is 68.1 Å². The maximum atomic E-state index is 12.5. The highest BCUT2D eigenvalue weighted by Gasteiger charge is 2.27. The summed E-state index contributed by atoms with van der Waals surface area (Å²) in [6.45, 7) is 5.43. The van der Waals surface area contributed by atoms with Crippen molar-refractivity contribution >= 4 is 11.8 Å². The van der Waals surface area contributed by atoms with Gasteiger partial charge in [0.05, 0.1) is 14.2 Å². The number of rotatable bonds is 5. The molecule has 132 valence electrons. The number of carbonyl (C=O) groups is 2. The Morgan fingerprint density at radius 1 is 1.00 bits per heavy atom. The van der Waals surface area contributed by atoms with Crippen molar-refractivity contribution < 1.29 is 23.8 Å². The standard InChI is InChI=1S/C17H24N2O5/c1-12(17(21)19-9-7-18(8-10-19)13(2)20)24-14-5-6-15(22-3)16(11-14)23-4/h5-6,11-12H,7-10H2,1-4H3. The quantitative estimate of drug-likeness (QED) is 0.807. The van der Waals surface area contributed by atoms with Crippen LogP contribution in [0.2, 0.25) is 0 Å². The van der Waals surface area contributed by atoms with Crippen molar-refractivity contribution in [3.63, 3.8) is 0 Å². The van der Waals surface area contributed by atoms with Crippen LogP contribution in [0.3, 0.4) is 0 Å². The van der Waals surface area contributed by atoms with Crippen LogP contribution < -0.4 is 14.2 Å². The van der Waals surface area contributed by atoms with Gasteiger partial charge in [0.1, 0.15) is 5.75 Å². The van der Waals surface area contributed by atoms with E-state index in [2.05, 4.69) is 0 Å². The molecule has 0 N–H and O–H groups in total. The van der Waals surface area contributed by atoms with E-state index < -0.39 is 6.10 Å². The molecule has 0 aliphatic carbocycles. The Kier molecular flexibility index (Phi) is 5.89. The van der Waals surface area contributed by atoms with Gasteiger partial charge in [0.25, 0.3) is 5.91 Å². The summed E-state index contributed by atoms with van der Waals surface area (Å²) >= 11 is 0. The third kappa shape index (κ3) is 4.10. The third-order valence-electron chi connectivity index (χ3n) is 4.05. The average Bonchev–Trinajstić information content (AvgIpc) is 2.60. The van der Waals surface area contributed by atoms with Gasteiger partial charge in [0, 0.05) is 39.2 Å². The van der Waals surface area contributed by atoms with Gasteiger partial charge in [-0.15, -0.1) is 0 Å². The molecule has 1 unspecified atom stereocenters. The van der Waals surface area contributed by atoms with Gasteiger partial charge in [-0.2, -0.15) is 0 Å². The van der Waals surface area contributed by atoms with Crippen LogP contribution in [0.25, 0.3) is 0 Å². The second-order valence-corrected chi connectivity index (χ2v) is 5.61. The van der Waals surface area contributed by atoms with Crippen molar-refractivity contribution in [3.05, 3.63) is 18.2 Å². The maximum absolute atomic E-state index is 12.5. The van der Waals surface area contributed by atoms with Crippen molar-refractivity contribution in [1.82, 2.24) is 9.80 Å². The molecule has 2 rings (SSSR count). The zero-order valence-corrected chi connectivity index (χ0v) is 14.6. The molecule has 1 fully saturated rings. The Labute approximate surface area is 142 Å². The molecule has 1 aliphatic heterocycles. The minimum atomic E-state index is -0.619. The first-order valence-corrected chi connectivity index (χ1v) is 7.89. The van der Waals surface area contributed by atoms with E-state index in [1.165, 1.54) is 0 Å². The molecule has 0 saturated carbocycles. The van der Waals surface area contributed by atoms with Crippen molar-refractivity contribution in [3.8, 4) is 17.2 Å². The van der Waals surface area contributed by atoms with Crippen LogP contribution >= 0.6 is 0 Å². The molecular weight excluding hydrogens is 312 g/mol. The molecule has 1 aliphatic rings. The lowest BCUT2D eigenvalue weighted by atomic mass is 10.2. The van der Waals surface area contributed by atoms with E-state index in [1.807, 2.05) is 0 Å². The molecule has 24 heavy (non-hydrogen) atoms. The van der Waals surface area contributed by atoms with Crippen molar-refractivity contribution in [1.29, 1.82) is 0 Å². The van der Waals surface area contributed by atoms with E-state index >= 15 is 0 Å². The lowest BCUT2D eigenvalue weighted by Gasteiger charge is -2.35. The van der Waals surface area contributed by atoms with Crippen LogP contribution in [0, 0.1) is 0 Å². The summed E-state index contributed by atoms with van der Waals surface area (Å²) in [5.41, 5.74) is 0. The van der Waals surface area contributed by atoms with Crippen LogP contribution in [0.5, 0.6) is 17.2 Å². The number of methoxy groups -OCH3 is 2. The highest BCUT2D eigenvalue weighted by atomic mass is 16.5. The molecule has 1 heterocycles. The Morgan fingerprint density at radius 3 is 2.12 bits per heavy atom. The number of ether oxygens (including phenoxy) is 3. The minimum Gasteiger partial charge on any atom is -0.493 e. The second kappa shape index (κ2) is 7.90. The second-order valence-electron chi connectivity index (χ2n) is 5.61. The molecular formula is C17H24N2O5. The lowest BCUT2D eigenvalue weighted by molar-refractivity contribution is -0.143. The summed E-state index contributed by atoms with van der Waals surface area (Å²) in [7, 11) is 3.11. The molecule has 1 atom stereocenters. The lowest BCUT2D eigenvalue weighted by Crippen LogP contribution is -2.52. The van der Waals surface area contributed by atoms with Crippen LogP contribution in [0.15, 0.2) is 18.2 Å². The summed E-state index contributed by atoms with van der Waals surface area (Å²) in [6.07, 6.45) is -0.619. The first-order chi connectivity index (χ1) is 11.5. The predicted molar refractivity (Wildman–Crippen MR) is 88.5 cm³/mol. The molecule has 2 amide bonds. The van der Waals surface area contributed by atoms with Crippen LogP contribution in [0.1, 0.15) is 13.8 Å². The molecule has 1 aromatic rings. The minimum absolute atomic E-state index is 0.0386. The first-order valence-electron chi connectivity index (χ1n) is 7.89. The number of amides is 2. The van der Waals surface area contributed by atoms with Crippen molar-refractivity contribution in [2.75, 3.05) is 40.4 Å². The van der Waals surface area contributed by atoms with Gasteiger partial charge in [0.2, 0.25) is 5.91 Å². The predicted octanol–water partition coefficient (Wildman–Crippen LogP) is 1.16. The summed E-state index contributed by atoms with van der Waals surface area (Å²) in [4.78, 5) is 27.3. The fraction of sp³-hybridized carbons (Fsp3) is 0.529. The van der Waals surface area contributed by atoms with Gasteiger partial charge in [-0.25, -0.2) is 0 Å². The van der Waals surface area contributed by atoms with Gasteiger partial charge >= 0.3 is 0 Å². The summed E-state index contributed by atoms with van der Waals surface area (Å²) < 4.78 is 16.2. The molecule has 0 spiro atoms. The Hall–Kier alpha value is -2.44. The Balaban J connectivity index is 1.96. The monoisotopic (exact) mass is 336 g/mol. The van der Waals surface area contributed by atoms with E-state index in [-0.39, 0.29) is 11.8 Å². The molecule has 7 heteroatoms. The smallest absolute Gasteiger partial charge is 0.263 e. The average molecular weight is 336 g/mol. The number of benzene rings is 1.